The normalized spacial score (nSPS) is 10.4. The highest BCUT2D eigenvalue weighted by atomic mass is 35.5. The molecule has 4 N–H and O–H groups in total. The van der Waals surface area contributed by atoms with Crippen LogP contribution in [0.25, 0.3) is 0 Å². The van der Waals surface area contributed by atoms with E-state index in [0.717, 1.165) is 18.5 Å². The third-order valence-electron chi connectivity index (χ3n) is 2.72. The first-order chi connectivity index (χ1) is 9.13. The number of hydrogen-bond donors (Lipinski definition) is 3. The number of nitrogen functional groups attached to an aromatic ring is 1. The van der Waals surface area contributed by atoms with Crippen LogP contribution in [0, 0.1) is 0 Å². The van der Waals surface area contributed by atoms with Crippen molar-refractivity contribution in [1.29, 1.82) is 0 Å². The maximum absolute atomic E-state index is 12.1. The summed E-state index contributed by atoms with van der Waals surface area (Å²) in [6, 6.07) is 7.00. The quantitative estimate of drug-likeness (QED) is 0.804. The SMILES string of the molecule is CCCc1[nH]nc(C(=O)Nc2ccccc2Cl)c1N. The lowest BCUT2D eigenvalue weighted by atomic mass is 10.2. The maximum atomic E-state index is 12.1. The van der Waals surface area contributed by atoms with Crippen LogP contribution >= 0.6 is 11.6 Å². The van der Waals surface area contributed by atoms with Crippen LogP contribution in [0.1, 0.15) is 29.5 Å². The van der Waals surface area contributed by atoms with Crippen LogP contribution in [0.5, 0.6) is 0 Å². The molecule has 0 saturated carbocycles. The van der Waals surface area contributed by atoms with Crippen molar-refractivity contribution in [2.45, 2.75) is 19.8 Å². The summed E-state index contributed by atoms with van der Waals surface area (Å²) in [5.41, 5.74) is 7.81. The summed E-state index contributed by atoms with van der Waals surface area (Å²) in [4.78, 5) is 12.1. The minimum Gasteiger partial charge on any atom is -0.395 e. The number of nitrogens with zero attached hydrogens (tertiary/aromatic N) is 1. The number of carbonyl (C=O) groups excluding carboxylic acids is 1. The number of rotatable bonds is 4. The van der Waals surface area contributed by atoms with Gasteiger partial charge in [0.15, 0.2) is 5.69 Å². The van der Waals surface area contributed by atoms with Gasteiger partial charge in [-0.2, -0.15) is 5.10 Å². The lowest BCUT2D eigenvalue weighted by Crippen LogP contribution is -2.14. The summed E-state index contributed by atoms with van der Waals surface area (Å²) in [6.07, 6.45) is 1.69. The van der Waals surface area contributed by atoms with Crippen molar-refractivity contribution < 1.29 is 4.79 Å². The van der Waals surface area contributed by atoms with Gasteiger partial charge in [0, 0.05) is 0 Å². The van der Waals surface area contributed by atoms with Crippen LogP contribution < -0.4 is 11.1 Å². The van der Waals surface area contributed by atoms with E-state index >= 15 is 0 Å². The van der Waals surface area contributed by atoms with E-state index < -0.39 is 0 Å². The highest BCUT2D eigenvalue weighted by molar-refractivity contribution is 6.33. The molecule has 0 aliphatic carbocycles. The van der Waals surface area contributed by atoms with E-state index in [1.165, 1.54) is 0 Å². The minimum atomic E-state index is -0.371. The van der Waals surface area contributed by atoms with Crippen molar-refractivity contribution in [3.05, 3.63) is 40.7 Å². The van der Waals surface area contributed by atoms with E-state index in [-0.39, 0.29) is 11.6 Å². The summed E-state index contributed by atoms with van der Waals surface area (Å²) in [7, 11) is 0. The minimum absolute atomic E-state index is 0.198. The Bertz CT molecular complexity index is 594. The zero-order valence-corrected chi connectivity index (χ0v) is 11.3. The Kier molecular flexibility index (Phi) is 4.06. The Morgan fingerprint density at radius 2 is 2.21 bits per heavy atom. The molecule has 0 bridgehead atoms. The molecule has 0 aliphatic rings. The highest BCUT2D eigenvalue weighted by Gasteiger charge is 2.17. The van der Waals surface area contributed by atoms with Gasteiger partial charge in [0.2, 0.25) is 0 Å². The number of hydrogen-bond acceptors (Lipinski definition) is 3. The molecule has 0 fully saturated rings. The average molecular weight is 279 g/mol. The van der Waals surface area contributed by atoms with Crippen molar-refractivity contribution in [3.63, 3.8) is 0 Å². The predicted octanol–water partition coefficient (Wildman–Crippen LogP) is 2.85. The van der Waals surface area contributed by atoms with Gasteiger partial charge in [-0.1, -0.05) is 37.1 Å². The Hall–Kier alpha value is -2.01. The van der Waals surface area contributed by atoms with Gasteiger partial charge in [0.25, 0.3) is 5.91 Å². The number of nitrogens with two attached hydrogens (primary N) is 1. The molecule has 0 radical (unpaired) electrons. The lowest BCUT2D eigenvalue weighted by molar-refractivity contribution is 0.102. The smallest absolute Gasteiger partial charge is 0.278 e. The van der Waals surface area contributed by atoms with Crippen molar-refractivity contribution in [3.8, 4) is 0 Å². The molecule has 100 valence electrons. The van der Waals surface area contributed by atoms with Crippen LogP contribution in [0.3, 0.4) is 0 Å². The number of amides is 1. The third-order valence-corrected chi connectivity index (χ3v) is 3.05. The fraction of sp³-hybridized carbons (Fsp3) is 0.231. The van der Waals surface area contributed by atoms with Gasteiger partial charge in [0.05, 0.1) is 22.1 Å². The number of nitrogens with one attached hydrogen (secondary N) is 2. The molecular weight excluding hydrogens is 264 g/mol. The van der Waals surface area contributed by atoms with Gasteiger partial charge in [-0.15, -0.1) is 0 Å². The number of benzene rings is 1. The van der Waals surface area contributed by atoms with Crippen molar-refractivity contribution in [1.82, 2.24) is 10.2 Å². The van der Waals surface area contributed by atoms with E-state index in [9.17, 15) is 4.79 Å². The molecular formula is C13H15ClN4O. The number of carbonyl (C=O) groups is 1. The molecule has 1 aromatic carbocycles. The topological polar surface area (TPSA) is 83.8 Å². The monoisotopic (exact) mass is 278 g/mol. The molecule has 0 unspecified atom stereocenters. The van der Waals surface area contributed by atoms with Crippen molar-refractivity contribution in [2.75, 3.05) is 11.1 Å². The molecule has 1 aromatic heterocycles. The first-order valence-corrected chi connectivity index (χ1v) is 6.39. The van der Waals surface area contributed by atoms with Crippen LogP contribution in [-0.4, -0.2) is 16.1 Å². The molecule has 0 saturated heterocycles. The first kappa shape index (κ1) is 13.4. The fourth-order valence-electron chi connectivity index (χ4n) is 1.74. The van der Waals surface area contributed by atoms with Gasteiger partial charge in [-0.3, -0.25) is 9.89 Å². The predicted molar refractivity (Wildman–Crippen MR) is 76.4 cm³/mol. The molecule has 6 heteroatoms. The zero-order valence-electron chi connectivity index (χ0n) is 10.5. The van der Waals surface area contributed by atoms with E-state index in [4.69, 9.17) is 17.3 Å². The summed E-state index contributed by atoms with van der Waals surface area (Å²) in [5.74, 6) is -0.371. The summed E-state index contributed by atoms with van der Waals surface area (Å²) in [5, 5.41) is 9.90. The molecule has 2 aromatic rings. The van der Waals surface area contributed by atoms with Crippen LogP contribution in [0.15, 0.2) is 24.3 Å². The Balaban J connectivity index is 2.19. The number of aromatic nitrogens is 2. The summed E-state index contributed by atoms with van der Waals surface area (Å²) < 4.78 is 0. The molecule has 0 aliphatic heterocycles. The van der Waals surface area contributed by atoms with Crippen LogP contribution in [0.4, 0.5) is 11.4 Å². The van der Waals surface area contributed by atoms with E-state index in [2.05, 4.69) is 15.5 Å². The van der Waals surface area contributed by atoms with Gasteiger partial charge in [0.1, 0.15) is 0 Å². The molecule has 2 rings (SSSR count). The number of halogens is 1. The molecule has 1 amide bonds. The summed E-state index contributed by atoms with van der Waals surface area (Å²) >= 11 is 5.98. The summed E-state index contributed by atoms with van der Waals surface area (Å²) in [6.45, 7) is 2.03. The number of H-pyrrole nitrogens is 1. The number of anilines is 2. The second-order valence-corrected chi connectivity index (χ2v) is 4.56. The van der Waals surface area contributed by atoms with E-state index in [0.29, 0.717) is 16.4 Å². The van der Waals surface area contributed by atoms with Gasteiger partial charge >= 0.3 is 0 Å². The standard InChI is InChI=1S/C13H15ClN4O/c1-2-5-10-11(15)12(18-17-10)13(19)16-9-7-4-3-6-8(9)14/h3-4,6-7H,2,5,15H2,1H3,(H,16,19)(H,17,18). The van der Waals surface area contributed by atoms with Gasteiger partial charge < -0.3 is 11.1 Å². The second-order valence-electron chi connectivity index (χ2n) is 4.15. The van der Waals surface area contributed by atoms with Crippen molar-refractivity contribution in [2.24, 2.45) is 0 Å². The maximum Gasteiger partial charge on any atom is 0.278 e. The Morgan fingerprint density at radius 3 is 2.89 bits per heavy atom. The van der Waals surface area contributed by atoms with Gasteiger partial charge in [-0.25, -0.2) is 0 Å². The van der Waals surface area contributed by atoms with Gasteiger partial charge in [-0.05, 0) is 18.6 Å². The second kappa shape index (κ2) is 5.75. The molecule has 0 atom stereocenters. The number of aryl methyl sites for hydroxylation is 1. The first-order valence-electron chi connectivity index (χ1n) is 6.02. The molecule has 0 spiro atoms. The van der Waals surface area contributed by atoms with E-state index in [1.807, 2.05) is 6.92 Å². The van der Waals surface area contributed by atoms with Crippen LogP contribution in [-0.2, 0) is 6.42 Å². The van der Waals surface area contributed by atoms with Crippen LogP contribution in [0.2, 0.25) is 5.02 Å². The van der Waals surface area contributed by atoms with Crippen molar-refractivity contribution >= 4 is 28.9 Å². The van der Waals surface area contributed by atoms with E-state index in [1.54, 1.807) is 24.3 Å². The molecule has 1 heterocycles. The average Bonchev–Trinajstić information content (AvgIpc) is 2.75. The number of para-hydroxylation sites is 1. The fourth-order valence-corrected chi connectivity index (χ4v) is 1.93. The lowest BCUT2D eigenvalue weighted by Gasteiger charge is -2.05. The zero-order chi connectivity index (χ0) is 13.8. The Labute approximate surface area is 116 Å². The molecule has 19 heavy (non-hydrogen) atoms. The third kappa shape index (κ3) is 2.88. The molecule has 5 nitrogen and oxygen atoms in total. The highest BCUT2D eigenvalue weighted by Crippen LogP contribution is 2.22. The Morgan fingerprint density at radius 1 is 1.47 bits per heavy atom. The number of aromatic amines is 1. The largest absolute Gasteiger partial charge is 0.395 e.